The number of aromatic nitrogens is 1. The molecule has 1 aliphatic rings. The number of rotatable bonds is 4. The number of aryl methyl sites for hydroxylation is 1. The SMILES string of the molecule is Cc1nc(CNC2CCCCC2C(C)C)cs1. The van der Waals surface area contributed by atoms with Crippen molar-refractivity contribution in [3.8, 4) is 0 Å². The van der Waals surface area contributed by atoms with Gasteiger partial charge in [0.2, 0.25) is 0 Å². The van der Waals surface area contributed by atoms with Crippen molar-refractivity contribution in [2.24, 2.45) is 11.8 Å². The van der Waals surface area contributed by atoms with Gasteiger partial charge in [0, 0.05) is 18.0 Å². The Bertz CT molecular complexity index is 346. The van der Waals surface area contributed by atoms with E-state index in [1.165, 1.54) is 36.4 Å². The third-order valence-corrected chi connectivity index (χ3v) is 4.71. The van der Waals surface area contributed by atoms with Gasteiger partial charge in [-0.3, -0.25) is 0 Å². The Hall–Kier alpha value is -0.410. The second kappa shape index (κ2) is 5.96. The molecule has 1 saturated carbocycles. The molecule has 0 bridgehead atoms. The molecule has 2 unspecified atom stereocenters. The van der Waals surface area contributed by atoms with Gasteiger partial charge in [0.05, 0.1) is 10.7 Å². The number of nitrogens with zero attached hydrogens (tertiary/aromatic N) is 1. The van der Waals surface area contributed by atoms with Crippen molar-refractivity contribution in [2.75, 3.05) is 0 Å². The van der Waals surface area contributed by atoms with Crippen LogP contribution in [-0.2, 0) is 6.54 Å². The molecule has 1 aliphatic carbocycles. The van der Waals surface area contributed by atoms with E-state index in [1.807, 2.05) is 0 Å². The van der Waals surface area contributed by atoms with Gasteiger partial charge in [0.15, 0.2) is 0 Å². The second-order valence-corrected chi connectivity index (χ2v) is 6.60. The molecule has 1 aromatic heterocycles. The van der Waals surface area contributed by atoms with Gasteiger partial charge in [-0.2, -0.15) is 0 Å². The fourth-order valence-corrected chi connectivity index (χ4v) is 3.55. The van der Waals surface area contributed by atoms with E-state index < -0.39 is 0 Å². The zero-order chi connectivity index (χ0) is 12.3. The molecule has 2 atom stereocenters. The standard InChI is InChI=1S/C14H24N2S/c1-10(2)13-6-4-5-7-14(13)15-8-12-9-17-11(3)16-12/h9-10,13-15H,4-8H2,1-3H3. The van der Waals surface area contributed by atoms with Crippen LogP contribution in [0.15, 0.2) is 5.38 Å². The predicted molar refractivity (Wildman–Crippen MR) is 74.3 cm³/mol. The molecular formula is C14H24N2S. The van der Waals surface area contributed by atoms with Crippen LogP contribution in [0.1, 0.15) is 50.2 Å². The average Bonchev–Trinajstić information content (AvgIpc) is 2.73. The highest BCUT2D eigenvalue weighted by Gasteiger charge is 2.26. The highest BCUT2D eigenvalue weighted by atomic mass is 32.1. The molecule has 1 heterocycles. The minimum absolute atomic E-state index is 0.700. The van der Waals surface area contributed by atoms with Gasteiger partial charge < -0.3 is 5.32 Å². The quantitative estimate of drug-likeness (QED) is 0.882. The normalized spacial score (nSPS) is 25.4. The van der Waals surface area contributed by atoms with E-state index >= 15 is 0 Å². The molecule has 3 heteroatoms. The molecule has 2 rings (SSSR count). The Morgan fingerprint density at radius 2 is 2.18 bits per heavy atom. The van der Waals surface area contributed by atoms with Gasteiger partial charge >= 0.3 is 0 Å². The smallest absolute Gasteiger partial charge is 0.0897 e. The molecule has 0 spiro atoms. The maximum Gasteiger partial charge on any atom is 0.0897 e. The van der Waals surface area contributed by atoms with Gasteiger partial charge in [-0.25, -0.2) is 4.98 Å². The van der Waals surface area contributed by atoms with Crippen molar-refractivity contribution in [1.29, 1.82) is 0 Å². The third-order valence-electron chi connectivity index (χ3n) is 3.89. The summed E-state index contributed by atoms with van der Waals surface area (Å²) in [6, 6.07) is 0.700. The molecule has 1 aromatic rings. The summed E-state index contributed by atoms with van der Waals surface area (Å²) in [5, 5.41) is 7.08. The Balaban J connectivity index is 1.88. The lowest BCUT2D eigenvalue weighted by Gasteiger charge is -2.35. The molecule has 0 saturated heterocycles. The maximum atomic E-state index is 4.52. The van der Waals surface area contributed by atoms with Gasteiger partial charge in [-0.15, -0.1) is 11.3 Å². The third kappa shape index (κ3) is 3.52. The molecule has 0 radical (unpaired) electrons. The van der Waals surface area contributed by atoms with E-state index in [0.717, 1.165) is 18.4 Å². The van der Waals surface area contributed by atoms with E-state index in [0.29, 0.717) is 6.04 Å². The van der Waals surface area contributed by atoms with Crippen molar-refractivity contribution in [1.82, 2.24) is 10.3 Å². The van der Waals surface area contributed by atoms with Gasteiger partial charge in [0.1, 0.15) is 0 Å². The lowest BCUT2D eigenvalue weighted by atomic mass is 9.78. The highest BCUT2D eigenvalue weighted by Crippen LogP contribution is 2.30. The van der Waals surface area contributed by atoms with Crippen molar-refractivity contribution in [2.45, 2.75) is 59.0 Å². The summed E-state index contributed by atoms with van der Waals surface area (Å²) in [5.41, 5.74) is 1.21. The van der Waals surface area contributed by atoms with Gasteiger partial charge in [0.25, 0.3) is 0 Å². The topological polar surface area (TPSA) is 24.9 Å². The first kappa shape index (κ1) is 13.0. The molecule has 96 valence electrons. The van der Waals surface area contributed by atoms with Crippen molar-refractivity contribution in [3.05, 3.63) is 16.1 Å². The van der Waals surface area contributed by atoms with E-state index in [4.69, 9.17) is 0 Å². The number of hydrogen-bond acceptors (Lipinski definition) is 3. The first-order chi connectivity index (χ1) is 8.16. The predicted octanol–water partition coefficient (Wildman–Crippen LogP) is 3.76. The molecule has 2 nitrogen and oxygen atoms in total. The van der Waals surface area contributed by atoms with Crippen LogP contribution in [0, 0.1) is 18.8 Å². The van der Waals surface area contributed by atoms with Gasteiger partial charge in [-0.05, 0) is 31.6 Å². The Labute approximate surface area is 109 Å². The van der Waals surface area contributed by atoms with Crippen LogP contribution in [-0.4, -0.2) is 11.0 Å². The Morgan fingerprint density at radius 3 is 2.82 bits per heavy atom. The maximum absolute atomic E-state index is 4.52. The largest absolute Gasteiger partial charge is 0.308 e. The van der Waals surface area contributed by atoms with Crippen LogP contribution in [0.25, 0.3) is 0 Å². The Kier molecular flexibility index (Phi) is 4.57. The highest BCUT2D eigenvalue weighted by molar-refractivity contribution is 7.09. The van der Waals surface area contributed by atoms with Crippen molar-refractivity contribution in [3.63, 3.8) is 0 Å². The van der Waals surface area contributed by atoms with Crippen LogP contribution < -0.4 is 5.32 Å². The van der Waals surface area contributed by atoms with Crippen LogP contribution in [0.2, 0.25) is 0 Å². The summed E-state index contributed by atoms with van der Waals surface area (Å²) in [5.74, 6) is 1.65. The molecule has 17 heavy (non-hydrogen) atoms. The zero-order valence-electron chi connectivity index (χ0n) is 11.2. The van der Waals surface area contributed by atoms with Gasteiger partial charge in [-0.1, -0.05) is 26.7 Å². The molecular weight excluding hydrogens is 228 g/mol. The van der Waals surface area contributed by atoms with Crippen LogP contribution >= 0.6 is 11.3 Å². The van der Waals surface area contributed by atoms with E-state index in [1.54, 1.807) is 11.3 Å². The zero-order valence-corrected chi connectivity index (χ0v) is 12.0. The summed E-state index contributed by atoms with van der Waals surface area (Å²) >= 11 is 1.75. The number of hydrogen-bond donors (Lipinski definition) is 1. The Morgan fingerprint density at radius 1 is 1.41 bits per heavy atom. The fraction of sp³-hybridized carbons (Fsp3) is 0.786. The van der Waals surface area contributed by atoms with E-state index in [-0.39, 0.29) is 0 Å². The van der Waals surface area contributed by atoms with E-state index in [9.17, 15) is 0 Å². The lowest BCUT2D eigenvalue weighted by Crippen LogP contribution is -2.40. The molecule has 1 N–H and O–H groups in total. The number of nitrogens with one attached hydrogen (secondary N) is 1. The fourth-order valence-electron chi connectivity index (χ4n) is 2.94. The first-order valence-corrected chi connectivity index (χ1v) is 7.69. The number of thiazole rings is 1. The minimum Gasteiger partial charge on any atom is -0.308 e. The lowest BCUT2D eigenvalue weighted by molar-refractivity contribution is 0.204. The van der Waals surface area contributed by atoms with Crippen molar-refractivity contribution < 1.29 is 0 Å². The van der Waals surface area contributed by atoms with Crippen LogP contribution in [0.5, 0.6) is 0 Å². The second-order valence-electron chi connectivity index (χ2n) is 5.54. The average molecular weight is 252 g/mol. The summed E-state index contributed by atoms with van der Waals surface area (Å²) in [7, 11) is 0. The molecule has 1 fully saturated rings. The summed E-state index contributed by atoms with van der Waals surface area (Å²) in [6.45, 7) is 7.74. The van der Waals surface area contributed by atoms with E-state index in [2.05, 4.69) is 36.5 Å². The molecule has 0 amide bonds. The molecule has 0 aliphatic heterocycles. The van der Waals surface area contributed by atoms with Crippen LogP contribution in [0.3, 0.4) is 0 Å². The molecule has 0 aromatic carbocycles. The van der Waals surface area contributed by atoms with Crippen LogP contribution in [0.4, 0.5) is 0 Å². The monoisotopic (exact) mass is 252 g/mol. The summed E-state index contributed by atoms with van der Waals surface area (Å²) in [4.78, 5) is 4.52. The summed E-state index contributed by atoms with van der Waals surface area (Å²) in [6.07, 6.45) is 5.53. The minimum atomic E-state index is 0.700. The van der Waals surface area contributed by atoms with Crippen molar-refractivity contribution >= 4 is 11.3 Å². The summed E-state index contributed by atoms with van der Waals surface area (Å²) < 4.78 is 0. The first-order valence-electron chi connectivity index (χ1n) is 6.81.